The molecule has 0 radical (unpaired) electrons. The second-order valence-corrected chi connectivity index (χ2v) is 15.7. The Bertz CT molecular complexity index is 1960. The molecule has 4 aliphatic rings. The van der Waals surface area contributed by atoms with Crippen molar-refractivity contribution in [2.45, 2.75) is 69.7 Å². The molecule has 6 heterocycles. The van der Waals surface area contributed by atoms with Gasteiger partial charge in [0.05, 0.1) is 17.8 Å². The summed E-state index contributed by atoms with van der Waals surface area (Å²) in [6, 6.07) is 14.7. The predicted octanol–water partition coefficient (Wildman–Crippen LogP) is 5.34. The van der Waals surface area contributed by atoms with Gasteiger partial charge in [0.25, 0.3) is 5.91 Å². The predicted molar refractivity (Wildman–Crippen MR) is 210 cm³/mol. The van der Waals surface area contributed by atoms with Gasteiger partial charge in [0.15, 0.2) is 0 Å². The average Bonchev–Trinajstić information content (AvgIpc) is 3.86. The Morgan fingerprint density at radius 2 is 1.57 bits per heavy atom. The number of nitrogens with zero attached hydrogens (tertiary/aromatic N) is 8. The second-order valence-electron chi connectivity index (χ2n) is 15.7. The monoisotopic (exact) mass is 732 g/mol. The summed E-state index contributed by atoms with van der Waals surface area (Å²) in [6.07, 6.45) is 12.8. The van der Waals surface area contributed by atoms with Crippen LogP contribution in [0.25, 0.3) is 11.0 Å². The van der Waals surface area contributed by atoms with E-state index >= 15 is 0 Å². The van der Waals surface area contributed by atoms with Gasteiger partial charge in [-0.1, -0.05) is 25.0 Å². The Morgan fingerprint density at radius 1 is 0.852 bits per heavy atom. The third kappa shape index (κ3) is 7.77. The van der Waals surface area contributed by atoms with Crippen molar-refractivity contribution in [3.63, 3.8) is 0 Å². The van der Waals surface area contributed by atoms with Gasteiger partial charge < -0.3 is 24.6 Å². The van der Waals surface area contributed by atoms with Gasteiger partial charge in [0.1, 0.15) is 17.2 Å². The molecule has 0 bridgehead atoms. The molecule has 4 aromatic rings. The summed E-state index contributed by atoms with van der Waals surface area (Å²) in [5.41, 5.74) is 4.79. The number of hydrogen-bond donors (Lipinski definition) is 2. The van der Waals surface area contributed by atoms with Crippen molar-refractivity contribution < 1.29 is 14.4 Å². The van der Waals surface area contributed by atoms with E-state index in [1.807, 2.05) is 18.3 Å². The molecule has 2 N–H and O–H groups in total. The number of aromatic nitrogens is 4. The van der Waals surface area contributed by atoms with Crippen molar-refractivity contribution in [3.05, 3.63) is 66.1 Å². The molecule has 13 nitrogen and oxygen atoms in total. The normalized spacial score (nSPS) is 20.4. The number of imide groups is 1. The van der Waals surface area contributed by atoms with Crippen molar-refractivity contribution in [2.24, 2.45) is 5.92 Å². The number of carbonyl (C=O) groups excluding carboxylic acids is 3. The lowest BCUT2D eigenvalue weighted by atomic mass is 9.90. The number of hydrogen-bond acceptors (Lipinski definition) is 10. The summed E-state index contributed by atoms with van der Waals surface area (Å²) >= 11 is 0. The summed E-state index contributed by atoms with van der Waals surface area (Å²) in [4.78, 5) is 60.1. The highest BCUT2D eigenvalue weighted by molar-refractivity contribution is 6.01. The number of pyridine rings is 1. The third-order valence-corrected chi connectivity index (χ3v) is 12.0. The number of carbonyl (C=O) groups is 3. The maximum atomic E-state index is 13.1. The number of nitrogens with one attached hydrogen (secondary N) is 2. The summed E-state index contributed by atoms with van der Waals surface area (Å²) in [6.45, 7) is 7.31. The molecule has 54 heavy (non-hydrogen) atoms. The topological polar surface area (TPSA) is 132 Å². The zero-order valence-corrected chi connectivity index (χ0v) is 31.5. The van der Waals surface area contributed by atoms with Gasteiger partial charge in [-0.05, 0) is 86.9 Å². The SMILES string of the molecule is CN(C)C(=O)c1cc2cnc(Nc3ccc(N4CCN(CCC5CCN(c6ccc([C@H]7CCC(=O)NC7=O)cc6)CC5)CC4)cn3)nc2n1C1CCCC1. The van der Waals surface area contributed by atoms with Gasteiger partial charge in [-0.3, -0.25) is 24.6 Å². The largest absolute Gasteiger partial charge is 0.372 e. The van der Waals surface area contributed by atoms with Crippen LogP contribution in [0.1, 0.15) is 85.8 Å². The highest BCUT2D eigenvalue weighted by Gasteiger charge is 2.29. The Labute approximate surface area is 317 Å². The molecule has 0 spiro atoms. The van der Waals surface area contributed by atoms with Crippen LogP contribution in [-0.4, -0.2) is 107 Å². The third-order valence-electron chi connectivity index (χ3n) is 12.0. The summed E-state index contributed by atoms with van der Waals surface area (Å²) in [5, 5.41) is 6.64. The van der Waals surface area contributed by atoms with Gasteiger partial charge >= 0.3 is 0 Å². The lowest BCUT2D eigenvalue weighted by Gasteiger charge is -2.38. The molecule has 1 aromatic carbocycles. The van der Waals surface area contributed by atoms with E-state index in [2.05, 4.69) is 65.2 Å². The number of piperazine rings is 1. The quantitative estimate of drug-likeness (QED) is 0.206. The van der Waals surface area contributed by atoms with Gasteiger partial charge in [0.2, 0.25) is 17.8 Å². The average molecular weight is 733 g/mol. The Morgan fingerprint density at radius 3 is 2.26 bits per heavy atom. The highest BCUT2D eigenvalue weighted by atomic mass is 16.2. The molecule has 4 fully saturated rings. The minimum atomic E-state index is -0.232. The molecular formula is C41H52N10O3. The van der Waals surface area contributed by atoms with Crippen molar-refractivity contribution in [2.75, 3.05) is 75.0 Å². The van der Waals surface area contributed by atoms with Crippen LogP contribution in [0.4, 0.5) is 23.1 Å². The second kappa shape index (κ2) is 15.7. The molecule has 3 aliphatic heterocycles. The van der Waals surface area contributed by atoms with Crippen LogP contribution in [0.3, 0.4) is 0 Å². The van der Waals surface area contributed by atoms with Crippen LogP contribution in [0.5, 0.6) is 0 Å². The van der Waals surface area contributed by atoms with Crippen molar-refractivity contribution in [3.8, 4) is 0 Å². The standard InChI is InChI=1S/C41H52N10O3/c1-47(2)40(54)35-25-30-26-43-41(46-38(30)51(35)32-5-3-4-6-32)44-36-13-11-33(27-42-36)50-23-21-48(22-24-50)18-15-28-16-19-49(20-17-28)31-9-7-29(8-10-31)34-12-14-37(52)45-39(34)53/h7-11,13,25-28,32,34H,3-6,12,14-24H2,1-2H3,(H,45,52,53)(H,42,43,44,46)/t34-/m1/s1. The Balaban J connectivity index is 0.792. The number of amides is 3. The van der Waals surface area contributed by atoms with E-state index < -0.39 is 0 Å². The molecule has 8 rings (SSSR count). The number of benzene rings is 1. The first-order chi connectivity index (χ1) is 26.3. The van der Waals surface area contributed by atoms with E-state index in [4.69, 9.17) is 9.97 Å². The molecule has 3 amide bonds. The molecule has 3 saturated heterocycles. The molecule has 284 valence electrons. The lowest BCUT2D eigenvalue weighted by molar-refractivity contribution is -0.134. The smallest absolute Gasteiger partial charge is 0.270 e. The van der Waals surface area contributed by atoms with E-state index in [1.165, 1.54) is 24.9 Å². The van der Waals surface area contributed by atoms with Crippen molar-refractivity contribution in [1.82, 2.24) is 34.6 Å². The number of fused-ring (bicyclic) bond motifs is 1. The fraction of sp³-hybridized carbons (Fsp3) is 0.512. The zero-order chi connectivity index (χ0) is 37.2. The molecular weight excluding hydrogens is 681 g/mol. The first-order valence-electron chi connectivity index (χ1n) is 19.8. The van der Waals surface area contributed by atoms with Gasteiger partial charge in [-0.25, -0.2) is 9.97 Å². The zero-order valence-electron chi connectivity index (χ0n) is 31.5. The summed E-state index contributed by atoms with van der Waals surface area (Å²) < 4.78 is 2.13. The van der Waals surface area contributed by atoms with Gasteiger partial charge in [0, 0.05) is 83.1 Å². The highest BCUT2D eigenvalue weighted by Crippen LogP contribution is 2.35. The fourth-order valence-electron chi connectivity index (χ4n) is 8.76. The van der Waals surface area contributed by atoms with E-state index in [9.17, 15) is 14.4 Å². The van der Waals surface area contributed by atoms with Crippen LogP contribution >= 0.6 is 0 Å². The van der Waals surface area contributed by atoms with Crippen LogP contribution in [0.2, 0.25) is 0 Å². The fourth-order valence-corrected chi connectivity index (χ4v) is 8.76. The minimum Gasteiger partial charge on any atom is -0.372 e. The molecule has 1 aliphatic carbocycles. The molecule has 0 unspecified atom stereocenters. The molecule has 3 aromatic heterocycles. The van der Waals surface area contributed by atoms with E-state index in [-0.39, 0.29) is 29.7 Å². The van der Waals surface area contributed by atoms with Gasteiger partial charge in [-0.2, -0.15) is 4.98 Å². The minimum absolute atomic E-state index is 0.0148. The maximum Gasteiger partial charge on any atom is 0.270 e. The van der Waals surface area contributed by atoms with E-state index in [0.717, 1.165) is 99.7 Å². The van der Waals surface area contributed by atoms with Crippen LogP contribution in [0, 0.1) is 5.92 Å². The summed E-state index contributed by atoms with van der Waals surface area (Å²) in [5.74, 6) is 1.31. The summed E-state index contributed by atoms with van der Waals surface area (Å²) in [7, 11) is 3.58. The molecule has 13 heteroatoms. The maximum absolute atomic E-state index is 13.1. The van der Waals surface area contributed by atoms with E-state index in [1.54, 1.807) is 25.2 Å². The van der Waals surface area contributed by atoms with Gasteiger partial charge in [-0.15, -0.1) is 0 Å². The van der Waals surface area contributed by atoms with Crippen molar-refractivity contribution >= 4 is 51.9 Å². The van der Waals surface area contributed by atoms with Crippen LogP contribution < -0.4 is 20.4 Å². The van der Waals surface area contributed by atoms with Crippen LogP contribution in [-0.2, 0) is 9.59 Å². The number of anilines is 4. The number of piperidine rings is 2. The van der Waals surface area contributed by atoms with Crippen molar-refractivity contribution in [1.29, 1.82) is 0 Å². The Hall–Kier alpha value is -5.04. The number of rotatable bonds is 10. The molecule has 1 atom stereocenters. The Kier molecular flexibility index (Phi) is 10.5. The van der Waals surface area contributed by atoms with E-state index in [0.29, 0.717) is 30.3 Å². The molecule has 1 saturated carbocycles. The first-order valence-corrected chi connectivity index (χ1v) is 19.8. The first kappa shape index (κ1) is 36.0. The lowest BCUT2D eigenvalue weighted by Crippen LogP contribution is -2.47. The van der Waals surface area contributed by atoms with Crippen LogP contribution in [0.15, 0.2) is 54.9 Å².